The van der Waals surface area contributed by atoms with E-state index in [-0.39, 0.29) is 11.8 Å². The standard InChI is InChI=1S/C14H21N3O2S/c1-5-10-7-15-11(20-10)8-17-9(3)12(18)16-14(4,6-2)13(17)19/h7,9H,5-6,8H2,1-4H3,(H,16,18). The lowest BCUT2D eigenvalue weighted by molar-refractivity contribution is -0.154. The van der Waals surface area contributed by atoms with Gasteiger partial charge in [0.25, 0.3) is 0 Å². The van der Waals surface area contributed by atoms with Crippen LogP contribution in [0.25, 0.3) is 0 Å². The summed E-state index contributed by atoms with van der Waals surface area (Å²) in [5, 5.41) is 3.71. The first-order valence-corrected chi connectivity index (χ1v) is 7.79. The zero-order valence-corrected chi connectivity index (χ0v) is 13.2. The van der Waals surface area contributed by atoms with Gasteiger partial charge in [0, 0.05) is 11.1 Å². The largest absolute Gasteiger partial charge is 0.340 e. The Morgan fingerprint density at radius 2 is 2.15 bits per heavy atom. The predicted octanol–water partition coefficient (Wildman–Crippen LogP) is 1.72. The van der Waals surface area contributed by atoms with Crippen LogP contribution in [0.15, 0.2) is 6.20 Å². The molecule has 20 heavy (non-hydrogen) atoms. The van der Waals surface area contributed by atoms with Crippen molar-refractivity contribution in [2.45, 2.75) is 58.7 Å². The van der Waals surface area contributed by atoms with E-state index >= 15 is 0 Å². The predicted molar refractivity (Wildman–Crippen MR) is 78.3 cm³/mol. The van der Waals surface area contributed by atoms with E-state index < -0.39 is 11.6 Å². The van der Waals surface area contributed by atoms with Crippen molar-refractivity contribution in [3.63, 3.8) is 0 Å². The van der Waals surface area contributed by atoms with E-state index in [0.29, 0.717) is 13.0 Å². The van der Waals surface area contributed by atoms with E-state index in [1.54, 1.807) is 30.1 Å². The van der Waals surface area contributed by atoms with Gasteiger partial charge >= 0.3 is 0 Å². The molecule has 1 aliphatic rings. The average Bonchev–Trinajstić information content (AvgIpc) is 2.89. The van der Waals surface area contributed by atoms with E-state index in [1.165, 1.54) is 4.88 Å². The molecular formula is C14H21N3O2S. The fraction of sp³-hybridized carbons (Fsp3) is 0.643. The number of aromatic nitrogens is 1. The van der Waals surface area contributed by atoms with Gasteiger partial charge in [0.15, 0.2) is 0 Å². The monoisotopic (exact) mass is 295 g/mol. The van der Waals surface area contributed by atoms with Gasteiger partial charge in [-0.25, -0.2) is 4.98 Å². The van der Waals surface area contributed by atoms with E-state index in [2.05, 4.69) is 17.2 Å². The molecule has 0 saturated carbocycles. The van der Waals surface area contributed by atoms with Crippen molar-refractivity contribution >= 4 is 23.2 Å². The number of nitrogens with zero attached hydrogens (tertiary/aromatic N) is 2. The molecule has 1 saturated heterocycles. The van der Waals surface area contributed by atoms with Crippen molar-refractivity contribution in [2.24, 2.45) is 0 Å². The molecule has 1 aromatic rings. The molecule has 6 heteroatoms. The molecule has 0 bridgehead atoms. The van der Waals surface area contributed by atoms with E-state index in [0.717, 1.165) is 11.4 Å². The Kier molecular flexibility index (Phi) is 4.13. The molecule has 1 aromatic heterocycles. The molecule has 2 atom stereocenters. The van der Waals surface area contributed by atoms with Crippen LogP contribution < -0.4 is 5.32 Å². The van der Waals surface area contributed by atoms with Gasteiger partial charge in [-0.1, -0.05) is 13.8 Å². The zero-order valence-electron chi connectivity index (χ0n) is 12.4. The van der Waals surface area contributed by atoms with Crippen LogP contribution in [0.2, 0.25) is 0 Å². The smallest absolute Gasteiger partial charge is 0.249 e. The van der Waals surface area contributed by atoms with Crippen molar-refractivity contribution in [1.82, 2.24) is 15.2 Å². The van der Waals surface area contributed by atoms with Gasteiger partial charge < -0.3 is 10.2 Å². The van der Waals surface area contributed by atoms with Crippen LogP contribution >= 0.6 is 11.3 Å². The highest BCUT2D eigenvalue weighted by molar-refractivity contribution is 7.11. The maximum absolute atomic E-state index is 12.6. The molecular weight excluding hydrogens is 274 g/mol. The quantitative estimate of drug-likeness (QED) is 0.920. The summed E-state index contributed by atoms with van der Waals surface area (Å²) < 4.78 is 0. The molecule has 110 valence electrons. The first-order valence-electron chi connectivity index (χ1n) is 6.98. The highest BCUT2D eigenvalue weighted by Crippen LogP contribution is 2.24. The maximum Gasteiger partial charge on any atom is 0.249 e. The average molecular weight is 295 g/mol. The summed E-state index contributed by atoms with van der Waals surface area (Å²) in [6.07, 6.45) is 3.37. The van der Waals surface area contributed by atoms with Crippen molar-refractivity contribution in [3.05, 3.63) is 16.1 Å². The SMILES string of the molecule is CCc1cnc(CN2C(=O)C(C)(CC)NC(=O)C2C)s1. The Hall–Kier alpha value is -1.43. The zero-order chi connectivity index (χ0) is 14.9. The Labute approximate surface area is 123 Å². The van der Waals surface area contributed by atoms with Crippen molar-refractivity contribution in [2.75, 3.05) is 0 Å². The van der Waals surface area contributed by atoms with Crippen LogP contribution in [-0.2, 0) is 22.6 Å². The van der Waals surface area contributed by atoms with E-state index in [1.807, 2.05) is 13.1 Å². The minimum Gasteiger partial charge on any atom is -0.340 e. The van der Waals surface area contributed by atoms with Gasteiger partial charge in [-0.3, -0.25) is 9.59 Å². The summed E-state index contributed by atoms with van der Waals surface area (Å²) in [4.78, 5) is 31.8. The van der Waals surface area contributed by atoms with Crippen LogP contribution in [0.5, 0.6) is 0 Å². The second-order valence-electron chi connectivity index (χ2n) is 5.36. The third-order valence-electron chi connectivity index (χ3n) is 3.94. The lowest BCUT2D eigenvalue weighted by Gasteiger charge is -2.42. The highest BCUT2D eigenvalue weighted by atomic mass is 32.1. The maximum atomic E-state index is 12.6. The minimum absolute atomic E-state index is 0.0275. The van der Waals surface area contributed by atoms with Crippen molar-refractivity contribution in [1.29, 1.82) is 0 Å². The number of thiazole rings is 1. The summed E-state index contributed by atoms with van der Waals surface area (Å²) in [6, 6.07) is -0.448. The second-order valence-corrected chi connectivity index (χ2v) is 6.56. The Morgan fingerprint density at radius 3 is 2.70 bits per heavy atom. The van der Waals surface area contributed by atoms with Crippen LogP contribution in [0.4, 0.5) is 0 Å². The number of piperazine rings is 1. The lowest BCUT2D eigenvalue weighted by atomic mass is 9.92. The number of amides is 2. The van der Waals surface area contributed by atoms with Gasteiger partial charge in [0.2, 0.25) is 11.8 Å². The first-order chi connectivity index (χ1) is 9.41. The summed E-state index contributed by atoms with van der Waals surface area (Å²) in [7, 11) is 0. The van der Waals surface area contributed by atoms with Crippen LogP contribution in [0.1, 0.15) is 44.0 Å². The number of carbonyl (C=O) groups is 2. The molecule has 0 spiro atoms. The van der Waals surface area contributed by atoms with Crippen molar-refractivity contribution < 1.29 is 9.59 Å². The van der Waals surface area contributed by atoms with E-state index in [9.17, 15) is 9.59 Å². The summed E-state index contributed by atoms with van der Waals surface area (Å²) in [6.45, 7) is 7.94. The van der Waals surface area contributed by atoms with Gasteiger partial charge in [-0.2, -0.15) is 0 Å². The summed E-state index contributed by atoms with van der Waals surface area (Å²) in [5.74, 6) is -0.124. The molecule has 2 unspecified atom stereocenters. The number of nitrogens with one attached hydrogen (secondary N) is 1. The molecule has 2 heterocycles. The summed E-state index contributed by atoms with van der Waals surface area (Å²) >= 11 is 1.60. The number of hydrogen-bond donors (Lipinski definition) is 1. The molecule has 0 aliphatic carbocycles. The normalized spacial score (nSPS) is 26.8. The van der Waals surface area contributed by atoms with Gasteiger partial charge in [-0.15, -0.1) is 11.3 Å². The third kappa shape index (κ3) is 2.57. The van der Waals surface area contributed by atoms with Gasteiger partial charge in [0.1, 0.15) is 16.6 Å². The van der Waals surface area contributed by atoms with Crippen LogP contribution in [0, 0.1) is 0 Å². The van der Waals surface area contributed by atoms with Gasteiger partial charge in [0.05, 0.1) is 6.54 Å². The van der Waals surface area contributed by atoms with Crippen LogP contribution in [-0.4, -0.2) is 33.3 Å². The fourth-order valence-electron chi connectivity index (χ4n) is 2.24. The molecule has 2 amide bonds. The lowest BCUT2D eigenvalue weighted by Crippen LogP contribution is -2.68. The Morgan fingerprint density at radius 1 is 1.45 bits per heavy atom. The topological polar surface area (TPSA) is 62.3 Å². The number of hydrogen-bond acceptors (Lipinski definition) is 4. The first kappa shape index (κ1) is 15.0. The minimum atomic E-state index is -0.797. The molecule has 0 aromatic carbocycles. The highest BCUT2D eigenvalue weighted by Gasteiger charge is 2.45. The molecule has 0 radical (unpaired) electrons. The van der Waals surface area contributed by atoms with Crippen LogP contribution in [0.3, 0.4) is 0 Å². The number of carbonyl (C=O) groups excluding carboxylic acids is 2. The Balaban J connectivity index is 2.23. The Bertz CT molecular complexity index is 528. The van der Waals surface area contributed by atoms with Crippen molar-refractivity contribution in [3.8, 4) is 0 Å². The van der Waals surface area contributed by atoms with Gasteiger partial charge in [-0.05, 0) is 26.7 Å². The number of aryl methyl sites for hydroxylation is 1. The third-order valence-corrected chi connectivity index (χ3v) is 5.07. The molecule has 2 rings (SSSR count). The molecule has 1 aliphatic heterocycles. The molecule has 1 fully saturated rings. The summed E-state index contributed by atoms with van der Waals surface area (Å²) in [5.41, 5.74) is -0.797. The number of rotatable bonds is 4. The molecule has 1 N–H and O–H groups in total. The van der Waals surface area contributed by atoms with E-state index in [4.69, 9.17) is 0 Å². The molecule has 5 nitrogen and oxygen atoms in total. The second kappa shape index (κ2) is 5.52. The fourth-order valence-corrected chi connectivity index (χ4v) is 3.10.